The predicted octanol–water partition coefficient (Wildman–Crippen LogP) is 2.47. The normalized spacial score (nSPS) is 19.7. The molecule has 0 unspecified atom stereocenters. The Bertz CT molecular complexity index is 467. The molecule has 1 aliphatic heterocycles. The minimum absolute atomic E-state index is 0.0894. The smallest absolute Gasteiger partial charge is 0.294 e. The Hall–Kier alpha value is -1.04. The highest BCUT2D eigenvalue weighted by Crippen LogP contribution is 2.37. The van der Waals surface area contributed by atoms with E-state index in [1.807, 2.05) is 0 Å². The lowest BCUT2D eigenvalue weighted by molar-refractivity contribution is -0.384. The number of benzene rings is 1. The second-order valence-electron chi connectivity index (χ2n) is 3.90. The number of aliphatic hydroxyl groups excluding tert-OH is 1. The molecule has 1 saturated heterocycles. The highest BCUT2D eigenvalue weighted by atomic mass is 35.5. The second-order valence-corrected chi connectivity index (χ2v) is 4.72. The minimum Gasteiger partial charge on any atom is -0.391 e. The van der Waals surface area contributed by atoms with Gasteiger partial charge in [0.2, 0.25) is 0 Å². The molecule has 17 heavy (non-hydrogen) atoms. The summed E-state index contributed by atoms with van der Waals surface area (Å²) in [4.78, 5) is 12.2. The number of nitro benzene ring substituents is 1. The third-order valence-electron chi connectivity index (χ3n) is 2.72. The maximum atomic E-state index is 10.9. The summed E-state index contributed by atoms with van der Waals surface area (Å²) in [7, 11) is 0. The summed E-state index contributed by atoms with van der Waals surface area (Å²) in [6.45, 7) is 0.943. The summed E-state index contributed by atoms with van der Waals surface area (Å²) in [5, 5.41) is 20.8. The maximum absolute atomic E-state index is 10.9. The lowest BCUT2D eigenvalue weighted by Gasteiger charge is -2.18. The van der Waals surface area contributed by atoms with Gasteiger partial charge in [-0.05, 0) is 12.5 Å². The predicted molar refractivity (Wildman–Crippen MR) is 66.0 cm³/mol. The summed E-state index contributed by atoms with van der Waals surface area (Å²) in [6, 6.07) is 2.71. The molecule has 5 nitrogen and oxygen atoms in total. The Morgan fingerprint density at radius 1 is 1.41 bits per heavy atom. The zero-order chi connectivity index (χ0) is 12.6. The molecule has 1 fully saturated rings. The summed E-state index contributed by atoms with van der Waals surface area (Å²) < 4.78 is 0. The number of β-amino-alcohol motifs (C(OH)–C–C–N with tert-alkyl or cyclic N) is 1. The monoisotopic (exact) mass is 276 g/mol. The van der Waals surface area contributed by atoms with Gasteiger partial charge in [-0.25, -0.2) is 0 Å². The van der Waals surface area contributed by atoms with Gasteiger partial charge >= 0.3 is 0 Å². The van der Waals surface area contributed by atoms with E-state index < -0.39 is 11.0 Å². The molecule has 0 aromatic heterocycles. The van der Waals surface area contributed by atoms with Crippen LogP contribution in [0.5, 0.6) is 0 Å². The first-order chi connectivity index (χ1) is 7.99. The van der Waals surface area contributed by atoms with Crippen molar-refractivity contribution in [2.75, 3.05) is 18.0 Å². The molecule has 1 aromatic carbocycles. The molecule has 7 heteroatoms. The van der Waals surface area contributed by atoms with Crippen molar-refractivity contribution in [1.29, 1.82) is 0 Å². The van der Waals surface area contributed by atoms with Crippen LogP contribution in [0.2, 0.25) is 10.0 Å². The first kappa shape index (κ1) is 12.4. The van der Waals surface area contributed by atoms with Crippen LogP contribution < -0.4 is 4.90 Å². The molecule has 0 amide bonds. The van der Waals surface area contributed by atoms with Gasteiger partial charge in [0, 0.05) is 19.2 Å². The van der Waals surface area contributed by atoms with Crippen molar-refractivity contribution >= 4 is 34.6 Å². The molecule has 1 aromatic rings. The van der Waals surface area contributed by atoms with Gasteiger partial charge in [-0.15, -0.1) is 0 Å². The fourth-order valence-corrected chi connectivity index (χ4v) is 2.20. The summed E-state index contributed by atoms with van der Waals surface area (Å²) in [5.74, 6) is 0. The molecule has 2 rings (SSSR count). The van der Waals surface area contributed by atoms with E-state index in [0.29, 0.717) is 25.2 Å². The third kappa shape index (κ3) is 2.46. The van der Waals surface area contributed by atoms with Gasteiger partial charge in [0.1, 0.15) is 5.69 Å². The Morgan fingerprint density at radius 3 is 2.59 bits per heavy atom. The molecule has 1 aliphatic rings. The quantitative estimate of drug-likeness (QED) is 0.666. The van der Waals surface area contributed by atoms with Crippen molar-refractivity contribution in [2.45, 2.75) is 12.5 Å². The molecule has 0 bridgehead atoms. The molecule has 1 heterocycles. The third-order valence-corrected chi connectivity index (χ3v) is 3.44. The van der Waals surface area contributed by atoms with E-state index in [0.717, 1.165) is 0 Å². The average molecular weight is 277 g/mol. The second kappa shape index (κ2) is 4.68. The Balaban J connectivity index is 2.44. The fourth-order valence-electron chi connectivity index (χ4n) is 1.89. The van der Waals surface area contributed by atoms with E-state index in [1.165, 1.54) is 12.1 Å². The Kier molecular flexibility index (Phi) is 3.42. The Morgan fingerprint density at radius 2 is 2.06 bits per heavy atom. The molecule has 0 spiro atoms. The van der Waals surface area contributed by atoms with Gasteiger partial charge in [0.25, 0.3) is 5.69 Å². The van der Waals surface area contributed by atoms with Gasteiger partial charge in [-0.3, -0.25) is 10.1 Å². The highest BCUT2D eigenvalue weighted by molar-refractivity contribution is 6.42. The number of anilines is 1. The lowest BCUT2D eigenvalue weighted by Crippen LogP contribution is -2.22. The van der Waals surface area contributed by atoms with Crippen LogP contribution in [0.4, 0.5) is 11.4 Å². The number of hydrogen-bond acceptors (Lipinski definition) is 4. The highest BCUT2D eigenvalue weighted by Gasteiger charge is 2.27. The average Bonchev–Trinajstić information content (AvgIpc) is 2.68. The van der Waals surface area contributed by atoms with E-state index in [-0.39, 0.29) is 15.7 Å². The summed E-state index contributed by atoms with van der Waals surface area (Å²) in [5.41, 5.74) is 0.314. The van der Waals surface area contributed by atoms with E-state index >= 15 is 0 Å². The number of halogens is 2. The SMILES string of the molecule is O=[N+]([O-])c1cc(Cl)c(Cl)cc1N1CC[C@@H](O)C1. The number of rotatable bonds is 2. The molecule has 0 radical (unpaired) electrons. The van der Waals surface area contributed by atoms with Crippen molar-refractivity contribution in [3.8, 4) is 0 Å². The topological polar surface area (TPSA) is 66.6 Å². The van der Waals surface area contributed by atoms with Crippen molar-refractivity contribution in [3.05, 3.63) is 32.3 Å². The van der Waals surface area contributed by atoms with Crippen LogP contribution in [0, 0.1) is 10.1 Å². The van der Waals surface area contributed by atoms with Gasteiger partial charge in [0.05, 0.1) is 21.1 Å². The van der Waals surface area contributed by atoms with Crippen LogP contribution in [0.15, 0.2) is 12.1 Å². The fraction of sp³-hybridized carbons (Fsp3) is 0.400. The molecule has 1 atom stereocenters. The summed E-state index contributed by atoms with van der Waals surface area (Å²) >= 11 is 11.6. The van der Waals surface area contributed by atoms with Crippen LogP contribution in [0.1, 0.15) is 6.42 Å². The molecular weight excluding hydrogens is 267 g/mol. The first-order valence-electron chi connectivity index (χ1n) is 5.05. The van der Waals surface area contributed by atoms with E-state index in [1.54, 1.807) is 4.90 Å². The molecule has 92 valence electrons. The van der Waals surface area contributed by atoms with Crippen LogP contribution in [-0.4, -0.2) is 29.2 Å². The zero-order valence-corrected chi connectivity index (χ0v) is 10.3. The van der Waals surface area contributed by atoms with Gasteiger partial charge in [-0.2, -0.15) is 0 Å². The van der Waals surface area contributed by atoms with Crippen molar-refractivity contribution in [2.24, 2.45) is 0 Å². The lowest BCUT2D eigenvalue weighted by atomic mass is 10.2. The molecule has 0 aliphatic carbocycles. The standard InChI is InChI=1S/C10H10Cl2N2O3/c11-7-3-9(13-2-1-6(15)5-13)10(14(16)17)4-8(7)12/h3-4,6,15H,1-2,5H2/t6-/m1/s1. The summed E-state index contributed by atoms with van der Waals surface area (Å²) in [6.07, 6.45) is 0.140. The molecule has 0 saturated carbocycles. The Labute approximate surface area is 108 Å². The maximum Gasteiger partial charge on any atom is 0.294 e. The first-order valence-corrected chi connectivity index (χ1v) is 5.81. The van der Waals surface area contributed by atoms with Gasteiger partial charge in [-0.1, -0.05) is 23.2 Å². The van der Waals surface area contributed by atoms with Crippen LogP contribution in [-0.2, 0) is 0 Å². The van der Waals surface area contributed by atoms with Crippen LogP contribution >= 0.6 is 23.2 Å². The van der Waals surface area contributed by atoms with Crippen molar-refractivity contribution in [3.63, 3.8) is 0 Å². The van der Waals surface area contributed by atoms with Gasteiger partial charge in [0.15, 0.2) is 0 Å². The van der Waals surface area contributed by atoms with Gasteiger partial charge < -0.3 is 10.0 Å². The van der Waals surface area contributed by atoms with Crippen LogP contribution in [0.3, 0.4) is 0 Å². The van der Waals surface area contributed by atoms with Crippen LogP contribution in [0.25, 0.3) is 0 Å². The number of nitrogens with zero attached hydrogens (tertiary/aromatic N) is 2. The molecular formula is C10H10Cl2N2O3. The molecule has 1 N–H and O–H groups in total. The van der Waals surface area contributed by atoms with E-state index in [2.05, 4.69) is 0 Å². The number of aliphatic hydroxyl groups is 1. The van der Waals surface area contributed by atoms with Crippen molar-refractivity contribution < 1.29 is 10.0 Å². The number of hydrogen-bond donors (Lipinski definition) is 1. The largest absolute Gasteiger partial charge is 0.391 e. The van der Waals surface area contributed by atoms with Crippen molar-refractivity contribution in [1.82, 2.24) is 0 Å². The minimum atomic E-state index is -0.498. The zero-order valence-electron chi connectivity index (χ0n) is 8.77. The van der Waals surface area contributed by atoms with E-state index in [4.69, 9.17) is 23.2 Å². The number of nitro groups is 1. The van der Waals surface area contributed by atoms with E-state index in [9.17, 15) is 15.2 Å².